The molecule has 0 fully saturated rings. The van der Waals surface area contributed by atoms with Crippen molar-refractivity contribution in [3.05, 3.63) is 53.8 Å². The van der Waals surface area contributed by atoms with Crippen molar-refractivity contribution in [1.29, 1.82) is 0 Å². The van der Waals surface area contributed by atoms with Crippen LogP contribution in [0, 0.1) is 29.5 Å². The summed E-state index contributed by atoms with van der Waals surface area (Å²) in [6, 6.07) is 8.62. The van der Waals surface area contributed by atoms with E-state index in [2.05, 4.69) is 11.8 Å². The average molecular weight is 567 g/mol. The van der Waals surface area contributed by atoms with Gasteiger partial charge in [0.1, 0.15) is 22.6 Å². The average Bonchev–Trinajstić information content (AvgIpc) is 2.85. The van der Waals surface area contributed by atoms with Crippen molar-refractivity contribution in [1.82, 2.24) is 8.61 Å². The summed E-state index contributed by atoms with van der Waals surface area (Å²) in [5.74, 6) is 5.40. The number of aliphatic hydroxyl groups excluding tert-OH is 1. The van der Waals surface area contributed by atoms with Gasteiger partial charge < -0.3 is 9.84 Å². The van der Waals surface area contributed by atoms with Crippen LogP contribution in [0.5, 0.6) is 5.75 Å². The molecule has 1 N–H and O–H groups in total. The van der Waals surface area contributed by atoms with Gasteiger partial charge in [0.2, 0.25) is 20.0 Å². The van der Waals surface area contributed by atoms with E-state index < -0.39 is 43.9 Å². The predicted octanol–water partition coefficient (Wildman–Crippen LogP) is 3.31. The lowest BCUT2D eigenvalue weighted by atomic mass is 10.0. The highest BCUT2D eigenvalue weighted by molar-refractivity contribution is 7.89. The lowest BCUT2D eigenvalue weighted by Crippen LogP contribution is -2.50. The van der Waals surface area contributed by atoms with E-state index in [9.17, 15) is 26.3 Å². The molecule has 0 amide bonds. The van der Waals surface area contributed by atoms with Crippen LogP contribution in [-0.2, 0) is 20.0 Å². The third kappa shape index (κ3) is 6.74. The number of rotatable bonds is 7. The van der Waals surface area contributed by atoms with E-state index in [1.54, 1.807) is 26.0 Å². The zero-order chi connectivity index (χ0) is 28.3. The number of benzene rings is 2. The van der Waals surface area contributed by atoms with Gasteiger partial charge in [-0.05, 0) is 49.2 Å². The van der Waals surface area contributed by atoms with Crippen LogP contribution in [-0.4, -0.2) is 69.4 Å². The van der Waals surface area contributed by atoms with E-state index >= 15 is 0 Å². The molecule has 2 aromatic carbocycles. The number of nitrogens with zero attached hydrogens (tertiary/aromatic N) is 2. The normalized spacial score (nSPS) is 20.6. The SMILES string of the molecule is CC(C)CC#Cc1ccc2c(c1)O[C@@H](CN(C)S(=O)(=O)c1cccc(F)c1)[C@H](C)CN([C@H](C)CO)S2(=O)=O. The molecule has 0 radical (unpaired) electrons. The van der Waals surface area contributed by atoms with Crippen molar-refractivity contribution < 1.29 is 31.1 Å². The summed E-state index contributed by atoms with van der Waals surface area (Å²) in [5, 5.41) is 9.79. The van der Waals surface area contributed by atoms with E-state index in [0.29, 0.717) is 17.9 Å². The van der Waals surface area contributed by atoms with Gasteiger partial charge in [0, 0.05) is 37.5 Å². The number of sulfonamides is 2. The number of halogens is 1. The van der Waals surface area contributed by atoms with Crippen molar-refractivity contribution >= 4 is 20.0 Å². The first kappa shape index (κ1) is 30.1. The molecule has 3 rings (SSSR count). The largest absolute Gasteiger partial charge is 0.487 e. The molecule has 2 aromatic rings. The van der Waals surface area contributed by atoms with E-state index in [4.69, 9.17) is 4.74 Å². The summed E-state index contributed by atoms with van der Waals surface area (Å²) >= 11 is 0. The van der Waals surface area contributed by atoms with E-state index in [1.807, 2.05) is 13.8 Å². The Balaban J connectivity index is 2.05. The molecule has 0 aromatic heterocycles. The Morgan fingerprint density at radius 1 is 1.21 bits per heavy atom. The molecule has 208 valence electrons. The van der Waals surface area contributed by atoms with Gasteiger partial charge in [-0.2, -0.15) is 8.61 Å². The Morgan fingerprint density at radius 2 is 1.92 bits per heavy atom. The molecule has 1 heterocycles. The zero-order valence-corrected chi connectivity index (χ0v) is 23.9. The van der Waals surface area contributed by atoms with Crippen LogP contribution < -0.4 is 4.74 Å². The highest BCUT2D eigenvalue weighted by atomic mass is 32.2. The third-order valence-electron chi connectivity index (χ3n) is 6.35. The molecule has 38 heavy (non-hydrogen) atoms. The monoisotopic (exact) mass is 566 g/mol. The number of likely N-dealkylation sites (N-methyl/N-ethyl adjacent to an activating group) is 1. The Hall–Kier alpha value is -2.49. The molecule has 0 aliphatic carbocycles. The Morgan fingerprint density at radius 3 is 2.55 bits per heavy atom. The van der Waals surface area contributed by atoms with Crippen molar-refractivity contribution in [2.75, 3.05) is 26.7 Å². The van der Waals surface area contributed by atoms with Crippen molar-refractivity contribution in [3.8, 4) is 17.6 Å². The summed E-state index contributed by atoms with van der Waals surface area (Å²) in [6.07, 6.45) is -0.0923. The first-order valence-electron chi connectivity index (χ1n) is 12.4. The molecule has 11 heteroatoms. The number of hydrogen-bond acceptors (Lipinski definition) is 6. The van der Waals surface area contributed by atoms with Crippen molar-refractivity contribution in [2.45, 2.75) is 56.1 Å². The molecule has 3 atom stereocenters. The maximum absolute atomic E-state index is 13.7. The van der Waals surface area contributed by atoms with Gasteiger partial charge in [-0.15, -0.1) is 0 Å². The minimum absolute atomic E-state index is 0.00202. The Kier molecular flexibility index (Phi) is 9.60. The standard InChI is InChI=1S/C27H35FN2O6S2/c1-19(2)8-6-9-22-12-13-27-25(14-22)36-26(20(3)16-30(21(4)18-31)38(27,34)35)17-29(5)37(32,33)24-11-7-10-23(28)15-24/h7,10-15,19-21,26,31H,8,16-18H2,1-5H3/t20-,21-,26+/m1/s1. The van der Waals surface area contributed by atoms with Crippen molar-refractivity contribution in [3.63, 3.8) is 0 Å². The second kappa shape index (κ2) is 12.1. The number of ether oxygens (including phenoxy) is 1. The highest BCUT2D eigenvalue weighted by Gasteiger charge is 2.39. The number of aliphatic hydroxyl groups is 1. The summed E-state index contributed by atoms with van der Waals surface area (Å²) in [4.78, 5) is -0.278. The van der Waals surface area contributed by atoms with E-state index in [0.717, 1.165) is 16.4 Å². The maximum Gasteiger partial charge on any atom is 0.247 e. The molecule has 0 saturated heterocycles. The van der Waals surface area contributed by atoms with Crippen LogP contribution >= 0.6 is 0 Å². The second-order valence-electron chi connectivity index (χ2n) is 10.0. The Bertz CT molecular complexity index is 1420. The van der Waals surface area contributed by atoms with Crippen molar-refractivity contribution in [2.24, 2.45) is 11.8 Å². The molecule has 1 aliphatic rings. The molecular weight excluding hydrogens is 531 g/mol. The van der Waals surface area contributed by atoms with Gasteiger partial charge in [0.05, 0.1) is 18.0 Å². The summed E-state index contributed by atoms with van der Waals surface area (Å²) < 4.78 is 75.8. The van der Waals surface area contributed by atoms with E-state index in [1.165, 1.54) is 29.6 Å². The van der Waals surface area contributed by atoms with Crippen LogP contribution in [0.4, 0.5) is 4.39 Å². The topological polar surface area (TPSA) is 104 Å². The lowest BCUT2D eigenvalue weighted by molar-refractivity contribution is 0.0904. The summed E-state index contributed by atoms with van der Waals surface area (Å²) in [7, 11) is -6.72. The van der Waals surface area contributed by atoms with Crippen LogP contribution in [0.15, 0.2) is 52.3 Å². The minimum atomic E-state index is -4.05. The number of fused-ring (bicyclic) bond motifs is 1. The smallest absolute Gasteiger partial charge is 0.247 e. The Labute approximate surface area is 225 Å². The van der Waals surface area contributed by atoms with Gasteiger partial charge in [0.15, 0.2) is 0 Å². The van der Waals surface area contributed by atoms with Gasteiger partial charge in [-0.3, -0.25) is 0 Å². The fraction of sp³-hybridized carbons (Fsp3) is 0.481. The van der Waals surface area contributed by atoms with E-state index in [-0.39, 0.29) is 35.2 Å². The predicted molar refractivity (Wildman–Crippen MR) is 143 cm³/mol. The molecule has 8 nitrogen and oxygen atoms in total. The van der Waals surface area contributed by atoms with Crippen LogP contribution in [0.3, 0.4) is 0 Å². The van der Waals surface area contributed by atoms with Gasteiger partial charge in [0.25, 0.3) is 0 Å². The third-order valence-corrected chi connectivity index (χ3v) is 10.2. The highest BCUT2D eigenvalue weighted by Crippen LogP contribution is 2.34. The minimum Gasteiger partial charge on any atom is -0.487 e. The molecule has 0 unspecified atom stereocenters. The van der Waals surface area contributed by atoms with Crippen LogP contribution in [0.25, 0.3) is 0 Å². The zero-order valence-electron chi connectivity index (χ0n) is 22.3. The van der Waals surface area contributed by atoms with Gasteiger partial charge in [-0.1, -0.05) is 38.7 Å². The maximum atomic E-state index is 13.7. The lowest BCUT2D eigenvalue weighted by Gasteiger charge is -2.37. The van der Waals surface area contributed by atoms with Gasteiger partial charge in [-0.25, -0.2) is 21.2 Å². The quantitative estimate of drug-likeness (QED) is 0.516. The molecule has 0 saturated carbocycles. The van der Waals surface area contributed by atoms with Crippen LogP contribution in [0.1, 0.15) is 39.7 Å². The fourth-order valence-corrected chi connectivity index (χ4v) is 7.08. The number of hydrogen-bond donors (Lipinski definition) is 1. The van der Waals surface area contributed by atoms with Gasteiger partial charge >= 0.3 is 0 Å². The molecule has 1 aliphatic heterocycles. The summed E-state index contributed by atoms with van der Waals surface area (Å²) in [5.41, 5.74) is 0.564. The first-order valence-corrected chi connectivity index (χ1v) is 15.3. The molecular formula is C27H35FN2O6S2. The second-order valence-corrected chi connectivity index (χ2v) is 13.9. The first-order chi connectivity index (χ1) is 17.8. The summed E-state index contributed by atoms with van der Waals surface area (Å²) in [6.45, 7) is 6.94. The van der Waals surface area contributed by atoms with Crippen LogP contribution in [0.2, 0.25) is 0 Å². The molecule has 0 bridgehead atoms. The molecule has 0 spiro atoms. The fourth-order valence-electron chi connectivity index (χ4n) is 4.04.